The first-order chi connectivity index (χ1) is 7.22. The molecule has 0 atom stereocenters. The SMILES string of the molecule is N#Cc1nc2ccccc2nc1[N+](=O)[O-]. The monoisotopic (exact) mass is 200 g/mol. The average molecular weight is 200 g/mol. The van der Waals surface area contributed by atoms with Gasteiger partial charge in [-0.15, -0.1) is 0 Å². The average Bonchev–Trinajstić information content (AvgIpc) is 2.27. The van der Waals surface area contributed by atoms with Gasteiger partial charge >= 0.3 is 5.82 Å². The molecule has 0 spiro atoms. The van der Waals surface area contributed by atoms with E-state index >= 15 is 0 Å². The van der Waals surface area contributed by atoms with Crippen LogP contribution in [0.5, 0.6) is 0 Å². The molecule has 0 N–H and O–H groups in total. The Balaban J connectivity index is 2.82. The van der Waals surface area contributed by atoms with Gasteiger partial charge < -0.3 is 10.1 Å². The number of hydrogen-bond acceptors (Lipinski definition) is 5. The molecule has 0 fully saturated rings. The van der Waals surface area contributed by atoms with Crippen LogP contribution < -0.4 is 0 Å². The van der Waals surface area contributed by atoms with E-state index in [1.165, 1.54) is 0 Å². The molecule has 1 heterocycles. The van der Waals surface area contributed by atoms with E-state index in [9.17, 15) is 10.1 Å². The molecule has 0 aliphatic heterocycles. The van der Waals surface area contributed by atoms with Gasteiger partial charge in [-0.2, -0.15) is 5.26 Å². The Labute approximate surface area is 84.0 Å². The van der Waals surface area contributed by atoms with Crippen molar-refractivity contribution in [3.8, 4) is 6.07 Å². The lowest BCUT2D eigenvalue weighted by Gasteiger charge is -1.95. The predicted octanol–water partition coefficient (Wildman–Crippen LogP) is 1.41. The molecule has 0 saturated carbocycles. The van der Waals surface area contributed by atoms with E-state index in [0.717, 1.165) is 0 Å². The summed E-state index contributed by atoms with van der Waals surface area (Å²) in [7, 11) is 0. The van der Waals surface area contributed by atoms with Crippen LogP contribution in [0.15, 0.2) is 24.3 Å². The van der Waals surface area contributed by atoms with Crippen molar-refractivity contribution in [2.75, 3.05) is 0 Å². The first-order valence-corrected chi connectivity index (χ1v) is 4.03. The summed E-state index contributed by atoms with van der Waals surface area (Å²) in [4.78, 5) is 17.5. The highest BCUT2D eigenvalue weighted by Gasteiger charge is 2.18. The van der Waals surface area contributed by atoms with Gasteiger partial charge in [0, 0.05) is 0 Å². The first-order valence-electron chi connectivity index (χ1n) is 4.03. The molecule has 6 nitrogen and oxygen atoms in total. The van der Waals surface area contributed by atoms with Crippen LogP contribution in [0.3, 0.4) is 0 Å². The molecule has 2 aromatic rings. The summed E-state index contributed by atoms with van der Waals surface area (Å²) in [5, 5.41) is 19.2. The zero-order valence-electron chi connectivity index (χ0n) is 7.41. The van der Waals surface area contributed by atoms with Crippen molar-refractivity contribution in [3.05, 3.63) is 40.1 Å². The normalized spacial score (nSPS) is 9.80. The Morgan fingerprint density at radius 1 is 1.27 bits per heavy atom. The standard InChI is InChI=1S/C9H4N4O2/c10-5-8-9(13(14)15)12-7-4-2-1-3-6(7)11-8/h1-4H. The second-order valence-electron chi connectivity index (χ2n) is 2.75. The number of nitrogens with zero attached hydrogens (tertiary/aromatic N) is 4. The van der Waals surface area contributed by atoms with Crippen molar-refractivity contribution in [1.82, 2.24) is 9.97 Å². The number of nitriles is 1. The minimum atomic E-state index is -0.710. The van der Waals surface area contributed by atoms with Crippen LogP contribution in [-0.4, -0.2) is 14.9 Å². The highest BCUT2D eigenvalue weighted by atomic mass is 16.6. The fourth-order valence-corrected chi connectivity index (χ4v) is 1.19. The molecular weight excluding hydrogens is 196 g/mol. The van der Waals surface area contributed by atoms with Gasteiger partial charge in [-0.3, -0.25) is 0 Å². The van der Waals surface area contributed by atoms with Crippen LogP contribution >= 0.6 is 0 Å². The molecule has 0 aliphatic rings. The van der Waals surface area contributed by atoms with Crippen molar-refractivity contribution in [1.29, 1.82) is 5.26 Å². The lowest BCUT2D eigenvalue weighted by atomic mass is 10.3. The summed E-state index contributed by atoms with van der Waals surface area (Å²) in [5.74, 6) is -0.504. The molecule has 15 heavy (non-hydrogen) atoms. The van der Waals surface area contributed by atoms with E-state index < -0.39 is 10.7 Å². The van der Waals surface area contributed by atoms with Crippen LogP contribution in [0.1, 0.15) is 5.69 Å². The number of benzene rings is 1. The molecular formula is C9H4N4O2. The summed E-state index contributed by atoms with van der Waals surface area (Å²) < 4.78 is 0. The molecule has 0 saturated heterocycles. The predicted molar refractivity (Wildman–Crippen MR) is 50.9 cm³/mol. The number of fused-ring (bicyclic) bond motifs is 1. The van der Waals surface area contributed by atoms with Gasteiger partial charge in [0.05, 0.1) is 0 Å². The third-order valence-corrected chi connectivity index (χ3v) is 1.83. The number of para-hydroxylation sites is 2. The van der Waals surface area contributed by atoms with E-state index in [4.69, 9.17) is 5.26 Å². The third-order valence-electron chi connectivity index (χ3n) is 1.83. The first kappa shape index (κ1) is 9.02. The zero-order valence-corrected chi connectivity index (χ0v) is 7.41. The molecule has 0 radical (unpaired) electrons. The Morgan fingerprint density at radius 3 is 2.40 bits per heavy atom. The second kappa shape index (κ2) is 3.31. The van der Waals surface area contributed by atoms with E-state index in [0.29, 0.717) is 11.0 Å². The summed E-state index contributed by atoms with van der Waals surface area (Å²) in [6.07, 6.45) is 0. The summed E-state index contributed by atoms with van der Waals surface area (Å²) in [6, 6.07) is 8.33. The molecule has 0 unspecified atom stereocenters. The van der Waals surface area contributed by atoms with Gasteiger partial charge in [0.2, 0.25) is 11.2 Å². The zero-order chi connectivity index (χ0) is 10.8. The van der Waals surface area contributed by atoms with Crippen molar-refractivity contribution < 1.29 is 4.92 Å². The van der Waals surface area contributed by atoms with Crippen LogP contribution in [-0.2, 0) is 0 Å². The molecule has 2 rings (SSSR count). The van der Waals surface area contributed by atoms with Gasteiger partial charge in [-0.05, 0) is 22.0 Å². The summed E-state index contributed by atoms with van der Waals surface area (Å²) in [6.45, 7) is 0. The number of hydrogen-bond donors (Lipinski definition) is 0. The van der Waals surface area contributed by atoms with Gasteiger partial charge in [0.15, 0.2) is 0 Å². The van der Waals surface area contributed by atoms with E-state index in [-0.39, 0.29) is 5.69 Å². The Bertz CT molecular complexity index is 588. The molecule has 0 bridgehead atoms. The van der Waals surface area contributed by atoms with Gasteiger partial charge in [-0.1, -0.05) is 12.1 Å². The number of rotatable bonds is 1. The largest absolute Gasteiger partial charge is 0.401 e. The highest BCUT2D eigenvalue weighted by Crippen LogP contribution is 2.17. The van der Waals surface area contributed by atoms with Crippen molar-refractivity contribution in [2.45, 2.75) is 0 Å². The van der Waals surface area contributed by atoms with Crippen LogP contribution in [0.4, 0.5) is 5.82 Å². The van der Waals surface area contributed by atoms with Gasteiger partial charge in [-0.25, -0.2) is 4.98 Å². The van der Waals surface area contributed by atoms with Gasteiger partial charge in [0.25, 0.3) is 0 Å². The van der Waals surface area contributed by atoms with E-state index in [2.05, 4.69) is 9.97 Å². The van der Waals surface area contributed by atoms with E-state index in [1.54, 1.807) is 30.3 Å². The quantitative estimate of drug-likeness (QED) is 0.512. The molecule has 0 aliphatic carbocycles. The second-order valence-corrected chi connectivity index (χ2v) is 2.75. The fraction of sp³-hybridized carbons (Fsp3) is 0. The van der Waals surface area contributed by atoms with Crippen molar-refractivity contribution in [2.24, 2.45) is 0 Å². The smallest absolute Gasteiger partial charge is 0.358 e. The maximum absolute atomic E-state index is 10.6. The van der Waals surface area contributed by atoms with Crippen molar-refractivity contribution >= 4 is 16.9 Å². The maximum Gasteiger partial charge on any atom is 0.401 e. The minimum Gasteiger partial charge on any atom is -0.358 e. The topological polar surface area (TPSA) is 92.7 Å². The summed E-state index contributed by atoms with van der Waals surface area (Å²) in [5.41, 5.74) is 0.613. The fourth-order valence-electron chi connectivity index (χ4n) is 1.19. The van der Waals surface area contributed by atoms with E-state index in [1.807, 2.05) is 0 Å². The molecule has 1 aromatic carbocycles. The van der Waals surface area contributed by atoms with Gasteiger partial charge in [0.1, 0.15) is 11.6 Å². The Kier molecular flexibility index (Phi) is 1.99. The number of nitro groups is 1. The maximum atomic E-state index is 10.6. The highest BCUT2D eigenvalue weighted by molar-refractivity contribution is 5.75. The molecule has 72 valence electrons. The minimum absolute atomic E-state index is 0.265. The van der Waals surface area contributed by atoms with Crippen LogP contribution in [0, 0.1) is 21.4 Å². The van der Waals surface area contributed by atoms with Crippen LogP contribution in [0.2, 0.25) is 0 Å². The van der Waals surface area contributed by atoms with Crippen LogP contribution in [0.25, 0.3) is 11.0 Å². The number of aromatic nitrogens is 2. The summed E-state index contributed by atoms with van der Waals surface area (Å²) >= 11 is 0. The lowest BCUT2D eigenvalue weighted by molar-refractivity contribution is -0.389. The lowest BCUT2D eigenvalue weighted by Crippen LogP contribution is -1.99. The third kappa shape index (κ3) is 1.46. The molecule has 0 amide bonds. The Morgan fingerprint density at radius 2 is 1.87 bits per heavy atom. The molecule has 1 aromatic heterocycles. The molecule has 6 heteroatoms. The van der Waals surface area contributed by atoms with Crippen molar-refractivity contribution in [3.63, 3.8) is 0 Å². The Hall–Kier alpha value is -2.55.